The lowest BCUT2D eigenvalue weighted by Crippen LogP contribution is -2.40. The van der Waals surface area contributed by atoms with Gasteiger partial charge < -0.3 is 10.1 Å². The minimum Gasteiger partial charge on any atom is -0.423 e. The maximum absolute atomic E-state index is 12.2. The van der Waals surface area contributed by atoms with Gasteiger partial charge in [-0.15, -0.1) is 0 Å². The summed E-state index contributed by atoms with van der Waals surface area (Å²) in [5.41, 5.74) is 6.80. The number of hydrazine groups is 1. The number of benzene rings is 3. The van der Waals surface area contributed by atoms with E-state index in [0.29, 0.717) is 16.8 Å². The van der Waals surface area contributed by atoms with Crippen molar-refractivity contribution in [1.29, 1.82) is 0 Å². The van der Waals surface area contributed by atoms with Crippen LogP contribution in [-0.4, -0.2) is 23.7 Å². The van der Waals surface area contributed by atoms with Gasteiger partial charge in [-0.2, -0.15) is 0 Å². The third-order valence-electron chi connectivity index (χ3n) is 4.52. The molecule has 3 amide bonds. The molecule has 0 unspecified atom stereocenters. The largest absolute Gasteiger partial charge is 0.423 e. The summed E-state index contributed by atoms with van der Waals surface area (Å²) in [4.78, 5) is 47.6. The fourth-order valence-electron chi connectivity index (χ4n) is 2.89. The van der Waals surface area contributed by atoms with E-state index in [4.69, 9.17) is 4.74 Å². The van der Waals surface area contributed by atoms with Crippen molar-refractivity contribution in [3.8, 4) is 5.75 Å². The van der Waals surface area contributed by atoms with E-state index < -0.39 is 17.8 Å². The van der Waals surface area contributed by atoms with E-state index in [1.807, 2.05) is 30.3 Å². The van der Waals surface area contributed by atoms with Gasteiger partial charge in [0.2, 0.25) is 5.91 Å². The second-order valence-electron chi connectivity index (χ2n) is 7.24. The molecule has 3 rings (SSSR count). The Kier molecular flexibility index (Phi) is 8.67. The molecule has 0 aliphatic heterocycles. The first kappa shape index (κ1) is 24.7. The maximum Gasteiger partial charge on any atom is 0.336 e. The quantitative estimate of drug-likeness (QED) is 0.211. The highest BCUT2D eigenvalue weighted by molar-refractivity contribution is 5.98. The standard InChI is InChI=1S/C27H23N3O5/c1-19(31)28-23-15-12-22(13-16-23)27(34)30-29-25(32)17-14-21-9-5-6-10-24(21)35-26(33)18-11-20-7-3-2-4-8-20/h2-18H,1H3,(H,28,31)(H,29,32)(H,30,34)/b17-14+,18-11+. The molecule has 0 aliphatic rings. The molecule has 0 saturated heterocycles. The molecule has 0 fully saturated rings. The van der Waals surface area contributed by atoms with Crippen LogP contribution < -0.4 is 20.9 Å². The smallest absolute Gasteiger partial charge is 0.336 e. The molecular formula is C27H23N3O5. The molecule has 3 aromatic rings. The van der Waals surface area contributed by atoms with E-state index in [1.165, 1.54) is 37.3 Å². The van der Waals surface area contributed by atoms with Crippen molar-refractivity contribution < 1.29 is 23.9 Å². The van der Waals surface area contributed by atoms with Crippen LogP contribution in [0.1, 0.15) is 28.4 Å². The molecule has 0 heterocycles. The van der Waals surface area contributed by atoms with Gasteiger partial charge in [0.05, 0.1) is 0 Å². The zero-order chi connectivity index (χ0) is 25.0. The van der Waals surface area contributed by atoms with E-state index >= 15 is 0 Å². The van der Waals surface area contributed by atoms with Crippen molar-refractivity contribution in [2.75, 3.05) is 5.32 Å². The highest BCUT2D eigenvalue weighted by Crippen LogP contribution is 2.20. The minimum absolute atomic E-state index is 0.221. The van der Waals surface area contributed by atoms with Crippen molar-refractivity contribution >= 4 is 41.5 Å². The monoisotopic (exact) mass is 469 g/mol. The van der Waals surface area contributed by atoms with Gasteiger partial charge in [-0.25, -0.2) is 4.79 Å². The lowest BCUT2D eigenvalue weighted by Gasteiger charge is -2.07. The molecule has 35 heavy (non-hydrogen) atoms. The predicted octanol–water partition coefficient (Wildman–Crippen LogP) is 3.74. The second-order valence-corrected chi connectivity index (χ2v) is 7.24. The van der Waals surface area contributed by atoms with Crippen LogP contribution in [0.15, 0.2) is 91.0 Å². The Balaban J connectivity index is 1.54. The zero-order valence-corrected chi connectivity index (χ0v) is 18.9. The van der Waals surface area contributed by atoms with Gasteiger partial charge in [-0.1, -0.05) is 48.5 Å². The molecular weight excluding hydrogens is 446 g/mol. The number of carbonyl (C=O) groups is 4. The van der Waals surface area contributed by atoms with Gasteiger partial charge >= 0.3 is 5.97 Å². The molecule has 3 N–H and O–H groups in total. The lowest BCUT2D eigenvalue weighted by molar-refractivity contribution is -0.129. The van der Waals surface area contributed by atoms with Gasteiger partial charge in [0.25, 0.3) is 11.8 Å². The summed E-state index contributed by atoms with van der Waals surface area (Å²) in [6, 6.07) is 22.2. The van der Waals surface area contributed by atoms with Crippen LogP contribution >= 0.6 is 0 Å². The SMILES string of the molecule is CC(=O)Nc1ccc(C(=O)NNC(=O)/C=C/c2ccccc2OC(=O)/C=C/c2ccccc2)cc1. The van der Waals surface area contributed by atoms with E-state index in [-0.39, 0.29) is 11.7 Å². The Morgan fingerprint density at radius 2 is 1.43 bits per heavy atom. The molecule has 0 saturated carbocycles. The number of amides is 3. The van der Waals surface area contributed by atoms with Crippen LogP contribution in [0, 0.1) is 0 Å². The van der Waals surface area contributed by atoms with Gasteiger partial charge in [-0.05, 0) is 48.0 Å². The fraction of sp³-hybridized carbons (Fsp3) is 0.0370. The summed E-state index contributed by atoms with van der Waals surface area (Å²) >= 11 is 0. The molecule has 0 aromatic heterocycles. The predicted molar refractivity (Wildman–Crippen MR) is 133 cm³/mol. The van der Waals surface area contributed by atoms with Crippen molar-refractivity contribution in [2.24, 2.45) is 0 Å². The number of para-hydroxylation sites is 1. The van der Waals surface area contributed by atoms with Crippen molar-refractivity contribution in [2.45, 2.75) is 6.92 Å². The van der Waals surface area contributed by atoms with Crippen molar-refractivity contribution in [1.82, 2.24) is 10.9 Å². The maximum atomic E-state index is 12.2. The van der Waals surface area contributed by atoms with Crippen LogP contribution in [0.2, 0.25) is 0 Å². The van der Waals surface area contributed by atoms with E-state index in [2.05, 4.69) is 16.2 Å². The van der Waals surface area contributed by atoms with Crippen molar-refractivity contribution in [3.05, 3.63) is 108 Å². The summed E-state index contributed by atoms with van der Waals surface area (Å²) in [6.07, 6.45) is 5.63. The Hall–Kier alpha value is -4.98. The zero-order valence-electron chi connectivity index (χ0n) is 18.9. The van der Waals surface area contributed by atoms with Crippen LogP contribution in [-0.2, 0) is 14.4 Å². The first-order valence-electron chi connectivity index (χ1n) is 10.6. The van der Waals surface area contributed by atoms with Gasteiger partial charge in [0, 0.05) is 35.9 Å². The minimum atomic E-state index is -0.585. The third kappa shape index (κ3) is 8.14. The van der Waals surface area contributed by atoms with Crippen LogP contribution in [0.3, 0.4) is 0 Å². The molecule has 0 aliphatic carbocycles. The number of hydrogen-bond acceptors (Lipinski definition) is 5. The third-order valence-corrected chi connectivity index (χ3v) is 4.52. The van der Waals surface area contributed by atoms with Crippen LogP contribution in [0.4, 0.5) is 5.69 Å². The molecule has 3 aromatic carbocycles. The normalized spacial score (nSPS) is 10.7. The molecule has 8 nitrogen and oxygen atoms in total. The van der Waals surface area contributed by atoms with Gasteiger partial charge in [-0.3, -0.25) is 25.2 Å². The molecule has 8 heteroatoms. The number of anilines is 1. The molecule has 0 bridgehead atoms. The van der Waals surface area contributed by atoms with Crippen LogP contribution in [0.25, 0.3) is 12.2 Å². The number of carbonyl (C=O) groups excluding carboxylic acids is 4. The van der Waals surface area contributed by atoms with Crippen molar-refractivity contribution in [3.63, 3.8) is 0 Å². The first-order chi connectivity index (χ1) is 16.9. The molecule has 0 atom stereocenters. The number of rotatable bonds is 7. The summed E-state index contributed by atoms with van der Waals surface area (Å²) in [5, 5.41) is 2.60. The first-order valence-corrected chi connectivity index (χ1v) is 10.6. The number of hydrogen-bond donors (Lipinski definition) is 3. The summed E-state index contributed by atoms with van der Waals surface area (Å²) in [5.74, 6) is -1.61. The topological polar surface area (TPSA) is 114 Å². The summed E-state index contributed by atoms with van der Waals surface area (Å²) in [7, 11) is 0. The summed E-state index contributed by atoms with van der Waals surface area (Å²) < 4.78 is 5.38. The van der Waals surface area contributed by atoms with E-state index in [9.17, 15) is 19.2 Å². The highest BCUT2D eigenvalue weighted by Gasteiger charge is 2.08. The van der Waals surface area contributed by atoms with Crippen LogP contribution in [0.5, 0.6) is 5.75 Å². The Morgan fingerprint density at radius 1 is 0.743 bits per heavy atom. The Bertz CT molecular complexity index is 1270. The fourth-order valence-corrected chi connectivity index (χ4v) is 2.89. The molecule has 0 spiro atoms. The summed E-state index contributed by atoms with van der Waals surface area (Å²) in [6.45, 7) is 1.38. The highest BCUT2D eigenvalue weighted by atomic mass is 16.5. The van der Waals surface area contributed by atoms with E-state index in [0.717, 1.165) is 5.56 Å². The van der Waals surface area contributed by atoms with E-state index in [1.54, 1.807) is 42.5 Å². The number of nitrogens with one attached hydrogen (secondary N) is 3. The van der Waals surface area contributed by atoms with Gasteiger partial charge in [0.15, 0.2) is 0 Å². The number of ether oxygens (including phenoxy) is 1. The molecule has 176 valence electrons. The molecule has 0 radical (unpaired) electrons. The average Bonchev–Trinajstić information content (AvgIpc) is 2.86. The Morgan fingerprint density at radius 3 is 2.14 bits per heavy atom. The second kappa shape index (κ2) is 12.3. The number of esters is 1. The average molecular weight is 469 g/mol. The lowest BCUT2D eigenvalue weighted by atomic mass is 10.2. The van der Waals surface area contributed by atoms with Gasteiger partial charge in [0.1, 0.15) is 5.75 Å². The Labute approximate surface area is 202 Å².